The van der Waals surface area contributed by atoms with E-state index in [0.717, 1.165) is 56.6 Å². The fourth-order valence-electron chi connectivity index (χ4n) is 4.72. The minimum atomic E-state index is -0.737. The van der Waals surface area contributed by atoms with Crippen molar-refractivity contribution in [2.75, 3.05) is 60.5 Å². The number of benzene rings is 1. The van der Waals surface area contributed by atoms with Crippen LogP contribution < -0.4 is 14.7 Å². The summed E-state index contributed by atoms with van der Waals surface area (Å²) in [5.41, 5.74) is 1.96. The Bertz CT molecular complexity index is 871. The third-order valence-corrected chi connectivity index (χ3v) is 6.43. The van der Waals surface area contributed by atoms with E-state index in [1.165, 1.54) is 0 Å². The molecule has 0 aliphatic carbocycles. The molecule has 0 N–H and O–H groups in total. The number of carbonyl (C=O) groups is 1. The minimum absolute atomic E-state index is 0.173. The van der Waals surface area contributed by atoms with E-state index in [1.54, 1.807) is 12.4 Å². The van der Waals surface area contributed by atoms with Crippen LogP contribution in [0, 0.1) is 0 Å². The number of aromatic nitrogens is 2. The molecule has 0 saturated carbocycles. The lowest BCUT2D eigenvalue weighted by molar-refractivity contribution is -0.117. The number of carbonyl (C=O) groups excluding carboxylic acids is 1. The maximum Gasteiger partial charge on any atom is 0.228 e. The zero-order chi connectivity index (χ0) is 20.5. The van der Waals surface area contributed by atoms with Gasteiger partial charge in [0.15, 0.2) is 0 Å². The summed E-state index contributed by atoms with van der Waals surface area (Å²) in [6.07, 6.45) is 3.96. The van der Waals surface area contributed by atoms with Gasteiger partial charge >= 0.3 is 0 Å². The first-order valence-electron chi connectivity index (χ1n) is 10.7. The number of hydrogen-bond acceptors (Lipinski definition) is 6. The van der Waals surface area contributed by atoms with E-state index in [1.807, 2.05) is 35.2 Å². The standard InChI is InChI=1S/C22H27FN6O/c23-17-6-9-28(15-17)18-2-4-19(5-3-18)29-16-20(14-21(29)30)26-10-12-27(13-11-26)22-24-7-1-8-25-22/h1-5,7-8,17,20H,6,9-16H2/t17-,20?/m0/s1. The molecule has 1 aromatic carbocycles. The first-order chi connectivity index (χ1) is 14.7. The van der Waals surface area contributed by atoms with Crippen molar-refractivity contribution in [1.82, 2.24) is 14.9 Å². The maximum absolute atomic E-state index is 13.5. The predicted molar refractivity (Wildman–Crippen MR) is 115 cm³/mol. The Hall–Kier alpha value is -2.74. The lowest BCUT2D eigenvalue weighted by atomic mass is 10.2. The summed E-state index contributed by atoms with van der Waals surface area (Å²) in [4.78, 5) is 30.0. The van der Waals surface area contributed by atoms with E-state index >= 15 is 0 Å². The number of rotatable bonds is 4. The molecule has 1 amide bonds. The Labute approximate surface area is 176 Å². The SMILES string of the molecule is O=C1CC(N2CCN(c3ncccn3)CC2)CN1c1ccc(N2CC[C@H](F)C2)cc1. The average molecular weight is 410 g/mol. The molecule has 0 radical (unpaired) electrons. The molecule has 0 bridgehead atoms. The maximum atomic E-state index is 13.5. The highest BCUT2D eigenvalue weighted by Crippen LogP contribution is 2.29. The monoisotopic (exact) mass is 410 g/mol. The summed E-state index contributed by atoms with van der Waals surface area (Å²) in [7, 11) is 0. The van der Waals surface area contributed by atoms with Crippen molar-refractivity contribution >= 4 is 23.2 Å². The zero-order valence-corrected chi connectivity index (χ0v) is 17.0. The number of hydrogen-bond donors (Lipinski definition) is 0. The molecule has 3 aliphatic rings. The van der Waals surface area contributed by atoms with E-state index < -0.39 is 6.17 Å². The van der Waals surface area contributed by atoms with Gasteiger partial charge in [0.25, 0.3) is 0 Å². The summed E-state index contributed by atoms with van der Waals surface area (Å²) in [6, 6.07) is 10.1. The first kappa shape index (κ1) is 19.2. The molecule has 1 aromatic heterocycles. The average Bonchev–Trinajstić information content (AvgIpc) is 3.40. The van der Waals surface area contributed by atoms with Gasteiger partial charge in [-0.25, -0.2) is 14.4 Å². The normalized spacial score (nSPS) is 25.4. The lowest BCUT2D eigenvalue weighted by Crippen LogP contribution is -2.51. The molecule has 158 valence electrons. The van der Waals surface area contributed by atoms with Crippen LogP contribution in [0.5, 0.6) is 0 Å². The van der Waals surface area contributed by atoms with Gasteiger partial charge in [-0.2, -0.15) is 0 Å². The second-order valence-electron chi connectivity index (χ2n) is 8.28. The summed E-state index contributed by atoms with van der Waals surface area (Å²) in [5.74, 6) is 0.949. The van der Waals surface area contributed by atoms with Gasteiger partial charge in [0.1, 0.15) is 6.17 Å². The number of piperazine rings is 1. The molecule has 7 nitrogen and oxygen atoms in total. The van der Waals surface area contributed by atoms with Gasteiger partial charge in [-0.3, -0.25) is 9.69 Å². The third-order valence-electron chi connectivity index (χ3n) is 6.43. The molecular weight excluding hydrogens is 383 g/mol. The third kappa shape index (κ3) is 3.84. The van der Waals surface area contributed by atoms with Gasteiger partial charge in [-0.15, -0.1) is 0 Å². The second-order valence-corrected chi connectivity index (χ2v) is 8.28. The highest BCUT2D eigenvalue weighted by Gasteiger charge is 2.36. The fourth-order valence-corrected chi connectivity index (χ4v) is 4.72. The molecule has 2 atom stereocenters. The molecule has 3 saturated heterocycles. The van der Waals surface area contributed by atoms with Crippen LogP contribution in [0.2, 0.25) is 0 Å². The molecule has 3 fully saturated rings. The molecule has 4 heterocycles. The number of halogens is 1. The Balaban J connectivity index is 1.19. The van der Waals surface area contributed by atoms with Crippen LogP contribution in [0.1, 0.15) is 12.8 Å². The van der Waals surface area contributed by atoms with Gasteiger partial charge in [0, 0.05) is 82.0 Å². The summed E-state index contributed by atoms with van der Waals surface area (Å²) < 4.78 is 13.5. The summed E-state index contributed by atoms with van der Waals surface area (Å²) in [6.45, 7) is 5.49. The van der Waals surface area contributed by atoms with Crippen molar-refractivity contribution in [1.29, 1.82) is 0 Å². The Kier molecular flexibility index (Phi) is 5.25. The highest BCUT2D eigenvalue weighted by atomic mass is 19.1. The quantitative estimate of drug-likeness (QED) is 0.768. The minimum Gasteiger partial charge on any atom is -0.369 e. The molecule has 30 heavy (non-hydrogen) atoms. The molecule has 0 spiro atoms. The first-order valence-corrected chi connectivity index (χ1v) is 10.7. The van der Waals surface area contributed by atoms with Crippen molar-refractivity contribution in [2.45, 2.75) is 25.1 Å². The Morgan fingerprint density at radius 1 is 0.867 bits per heavy atom. The number of amides is 1. The summed E-state index contributed by atoms with van der Waals surface area (Å²) >= 11 is 0. The van der Waals surface area contributed by atoms with Crippen LogP contribution in [0.4, 0.5) is 21.7 Å². The largest absolute Gasteiger partial charge is 0.369 e. The van der Waals surface area contributed by atoms with Crippen molar-refractivity contribution in [3.05, 3.63) is 42.7 Å². The zero-order valence-electron chi connectivity index (χ0n) is 17.0. The van der Waals surface area contributed by atoms with Crippen molar-refractivity contribution < 1.29 is 9.18 Å². The molecule has 1 unspecified atom stereocenters. The van der Waals surface area contributed by atoms with Crippen LogP contribution >= 0.6 is 0 Å². The van der Waals surface area contributed by atoms with Crippen LogP contribution in [-0.4, -0.2) is 78.8 Å². The smallest absolute Gasteiger partial charge is 0.228 e. The van der Waals surface area contributed by atoms with Crippen LogP contribution in [0.25, 0.3) is 0 Å². The van der Waals surface area contributed by atoms with Gasteiger partial charge in [-0.05, 0) is 36.8 Å². The fraction of sp³-hybridized carbons (Fsp3) is 0.500. The predicted octanol–water partition coefficient (Wildman–Crippen LogP) is 1.95. The molecular formula is C22H27FN6O. The topological polar surface area (TPSA) is 55.8 Å². The van der Waals surface area contributed by atoms with Crippen LogP contribution in [0.3, 0.4) is 0 Å². The number of nitrogens with zero attached hydrogens (tertiary/aromatic N) is 6. The van der Waals surface area contributed by atoms with Crippen molar-refractivity contribution in [3.8, 4) is 0 Å². The van der Waals surface area contributed by atoms with E-state index in [9.17, 15) is 9.18 Å². The van der Waals surface area contributed by atoms with Gasteiger partial charge in [0.2, 0.25) is 11.9 Å². The van der Waals surface area contributed by atoms with E-state index in [0.29, 0.717) is 19.4 Å². The Morgan fingerprint density at radius 2 is 1.57 bits per heavy atom. The summed E-state index contributed by atoms with van der Waals surface area (Å²) in [5, 5.41) is 0. The van der Waals surface area contributed by atoms with E-state index in [-0.39, 0.29) is 11.9 Å². The second kappa shape index (κ2) is 8.18. The number of anilines is 3. The van der Waals surface area contributed by atoms with Crippen molar-refractivity contribution in [3.63, 3.8) is 0 Å². The molecule has 8 heteroatoms. The van der Waals surface area contributed by atoms with E-state index in [4.69, 9.17) is 0 Å². The van der Waals surface area contributed by atoms with E-state index in [2.05, 4.69) is 24.7 Å². The molecule has 3 aliphatic heterocycles. The highest BCUT2D eigenvalue weighted by molar-refractivity contribution is 5.96. The van der Waals surface area contributed by atoms with Crippen LogP contribution in [0.15, 0.2) is 42.7 Å². The number of alkyl halides is 1. The molecule has 5 rings (SSSR count). The Morgan fingerprint density at radius 3 is 2.23 bits per heavy atom. The molecule has 2 aromatic rings. The van der Waals surface area contributed by atoms with Crippen LogP contribution in [-0.2, 0) is 4.79 Å². The van der Waals surface area contributed by atoms with Gasteiger partial charge in [0.05, 0.1) is 0 Å². The lowest BCUT2D eigenvalue weighted by Gasteiger charge is -2.37. The van der Waals surface area contributed by atoms with Crippen molar-refractivity contribution in [2.24, 2.45) is 0 Å². The van der Waals surface area contributed by atoms with Gasteiger partial charge < -0.3 is 14.7 Å². The van der Waals surface area contributed by atoms with Gasteiger partial charge in [-0.1, -0.05) is 0 Å².